The van der Waals surface area contributed by atoms with Gasteiger partial charge in [0.2, 0.25) is 5.91 Å². The number of rotatable bonds is 5. The summed E-state index contributed by atoms with van der Waals surface area (Å²) < 4.78 is 38.5. The lowest BCUT2D eigenvalue weighted by atomic mass is 10.2. The van der Waals surface area contributed by atoms with Crippen molar-refractivity contribution in [1.82, 2.24) is 15.3 Å². The van der Waals surface area contributed by atoms with Crippen LogP contribution in [0.15, 0.2) is 30.6 Å². The molecule has 0 aromatic carbocycles. The highest BCUT2D eigenvalue weighted by atomic mass is 35.5. The number of aromatic nitrogens is 2. The van der Waals surface area contributed by atoms with Crippen LogP contribution in [0.3, 0.4) is 0 Å². The number of aliphatic hydroxyl groups excluding tert-OH is 1. The lowest BCUT2D eigenvalue weighted by molar-refractivity contribution is -0.137. The maximum Gasteiger partial charge on any atom is 0.417 e. The Morgan fingerprint density at radius 1 is 1.19 bits per heavy atom. The van der Waals surface area contributed by atoms with Crippen LogP contribution in [-0.4, -0.2) is 52.1 Å². The van der Waals surface area contributed by atoms with Crippen LogP contribution in [0.25, 0.3) is 0 Å². The molecule has 8 nitrogen and oxygen atoms in total. The average Bonchev–Trinajstić information content (AvgIpc) is 3.52. The largest absolute Gasteiger partial charge is 0.417 e. The number of halogens is 4. The molecule has 0 bridgehead atoms. The summed E-state index contributed by atoms with van der Waals surface area (Å²) in [5.74, 6) is -0.308. The molecule has 170 valence electrons. The van der Waals surface area contributed by atoms with Gasteiger partial charge in [-0.2, -0.15) is 13.2 Å². The number of carbonyl (C=O) groups is 2. The van der Waals surface area contributed by atoms with E-state index >= 15 is 0 Å². The van der Waals surface area contributed by atoms with Gasteiger partial charge in [0, 0.05) is 37.0 Å². The molecule has 4 rings (SSSR count). The highest BCUT2D eigenvalue weighted by Crippen LogP contribution is 2.34. The van der Waals surface area contributed by atoms with Gasteiger partial charge < -0.3 is 20.6 Å². The van der Waals surface area contributed by atoms with Crippen LogP contribution in [0.1, 0.15) is 28.8 Å². The summed E-state index contributed by atoms with van der Waals surface area (Å²) in [6.07, 6.45) is -1.83. The monoisotopic (exact) mass is 469 g/mol. The third kappa shape index (κ3) is 4.94. The van der Waals surface area contributed by atoms with Gasteiger partial charge in [0.25, 0.3) is 5.91 Å². The second-order valence-electron chi connectivity index (χ2n) is 7.77. The Balaban J connectivity index is 1.41. The Labute approximate surface area is 185 Å². The fraction of sp³-hybridized carbons (Fsp3) is 0.400. The van der Waals surface area contributed by atoms with Gasteiger partial charge in [-0.1, -0.05) is 11.6 Å². The van der Waals surface area contributed by atoms with Gasteiger partial charge in [-0.3, -0.25) is 9.59 Å². The van der Waals surface area contributed by atoms with Gasteiger partial charge in [-0.25, -0.2) is 9.97 Å². The number of β-amino-alcohol motifs (C(OH)–C–C–N with tert-alkyl or cyclic N) is 1. The van der Waals surface area contributed by atoms with E-state index < -0.39 is 29.8 Å². The zero-order chi connectivity index (χ0) is 23.0. The van der Waals surface area contributed by atoms with E-state index in [1.165, 1.54) is 23.2 Å². The predicted octanol–water partition coefficient (Wildman–Crippen LogP) is 2.48. The van der Waals surface area contributed by atoms with Crippen molar-refractivity contribution in [1.29, 1.82) is 0 Å². The topological polar surface area (TPSA) is 107 Å². The molecule has 2 aliphatic rings. The molecule has 1 saturated heterocycles. The highest BCUT2D eigenvalue weighted by molar-refractivity contribution is 6.33. The second-order valence-corrected chi connectivity index (χ2v) is 8.18. The number of carbonyl (C=O) groups excluding carboxylic acids is 2. The molecular formula is C20H19ClF3N5O3. The molecule has 0 radical (unpaired) electrons. The molecule has 1 saturated carbocycles. The highest BCUT2D eigenvalue weighted by Gasteiger charge is 2.36. The zero-order valence-electron chi connectivity index (χ0n) is 16.6. The number of nitrogens with zero attached hydrogens (tertiary/aromatic N) is 3. The van der Waals surface area contributed by atoms with Gasteiger partial charge in [-0.05, 0) is 31.0 Å². The molecule has 2 aromatic rings. The van der Waals surface area contributed by atoms with E-state index in [0.717, 1.165) is 18.9 Å². The number of anilines is 2. The third-order valence-corrected chi connectivity index (χ3v) is 5.55. The van der Waals surface area contributed by atoms with Crippen molar-refractivity contribution in [3.63, 3.8) is 0 Å². The molecule has 2 fully saturated rings. The molecule has 1 aliphatic heterocycles. The molecule has 2 aromatic heterocycles. The van der Waals surface area contributed by atoms with Crippen molar-refractivity contribution < 1.29 is 27.9 Å². The number of nitrogens with one attached hydrogen (secondary N) is 2. The minimum absolute atomic E-state index is 0.0143. The average molecular weight is 470 g/mol. The number of hydrogen-bond acceptors (Lipinski definition) is 6. The first-order valence-corrected chi connectivity index (χ1v) is 10.2. The van der Waals surface area contributed by atoms with E-state index in [9.17, 15) is 27.9 Å². The molecular weight excluding hydrogens is 451 g/mol. The molecule has 32 heavy (non-hydrogen) atoms. The number of alkyl halides is 3. The summed E-state index contributed by atoms with van der Waals surface area (Å²) in [4.78, 5) is 33.9. The summed E-state index contributed by atoms with van der Waals surface area (Å²) in [6, 6.07) is 2.97. The van der Waals surface area contributed by atoms with Gasteiger partial charge in [0.15, 0.2) is 0 Å². The van der Waals surface area contributed by atoms with E-state index in [1.807, 2.05) is 0 Å². The molecule has 2 amide bonds. The van der Waals surface area contributed by atoms with Crippen LogP contribution < -0.4 is 15.5 Å². The summed E-state index contributed by atoms with van der Waals surface area (Å²) in [5, 5.41) is 15.5. The number of aliphatic hydroxyl groups is 1. The summed E-state index contributed by atoms with van der Waals surface area (Å²) in [7, 11) is 0. The van der Waals surface area contributed by atoms with Crippen LogP contribution >= 0.6 is 11.6 Å². The summed E-state index contributed by atoms with van der Waals surface area (Å²) in [6.45, 7) is 0.128. The summed E-state index contributed by atoms with van der Waals surface area (Å²) >= 11 is 5.98. The maximum atomic E-state index is 12.8. The van der Waals surface area contributed by atoms with Crippen molar-refractivity contribution in [3.8, 4) is 0 Å². The van der Waals surface area contributed by atoms with Crippen LogP contribution in [0.4, 0.5) is 24.8 Å². The Morgan fingerprint density at radius 2 is 1.94 bits per heavy atom. The Kier molecular flexibility index (Phi) is 5.95. The van der Waals surface area contributed by atoms with Crippen molar-refractivity contribution in [3.05, 3.63) is 46.7 Å². The molecule has 3 N–H and O–H groups in total. The fourth-order valence-electron chi connectivity index (χ4n) is 3.39. The first-order chi connectivity index (χ1) is 15.1. The predicted molar refractivity (Wildman–Crippen MR) is 109 cm³/mol. The molecule has 2 atom stereocenters. The van der Waals surface area contributed by atoms with E-state index in [2.05, 4.69) is 20.6 Å². The van der Waals surface area contributed by atoms with Crippen LogP contribution in [0.2, 0.25) is 5.02 Å². The van der Waals surface area contributed by atoms with Gasteiger partial charge >= 0.3 is 6.18 Å². The van der Waals surface area contributed by atoms with Crippen molar-refractivity contribution in [2.45, 2.75) is 31.2 Å². The minimum atomic E-state index is -4.57. The van der Waals surface area contributed by atoms with Gasteiger partial charge in [-0.15, -0.1) is 0 Å². The Hall–Kier alpha value is -2.92. The molecule has 0 unspecified atom stereocenters. The second kappa shape index (κ2) is 8.55. The van der Waals surface area contributed by atoms with Gasteiger partial charge in [0.1, 0.15) is 11.6 Å². The molecule has 12 heteroatoms. The number of pyridine rings is 2. The molecule has 0 spiro atoms. The van der Waals surface area contributed by atoms with Crippen molar-refractivity contribution >= 4 is 35.1 Å². The van der Waals surface area contributed by atoms with Crippen molar-refractivity contribution in [2.24, 2.45) is 5.92 Å². The van der Waals surface area contributed by atoms with Crippen LogP contribution in [0, 0.1) is 5.92 Å². The van der Waals surface area contributed by atoms with Crippen LogP contribution in [0.5, 0.6) is 0 Å². The molecule has 3 heterocycles. The Morgan fingerprint density at radius 3 is 2.59 bits per heavy atom. The van der Waals surface area contributed by atoms with E-state index in [4.69, 9.17) is 11.6 Å². The normalized spacial score (nSPS) is 20.8. The number of hydrogen-bond donors (Lipinski definition) is 3. The van der Waals surface area contributed by atoms with Crippen molar-refractivity contribution in [2.75, 3.05) is 23.3 Å². The first kappa shape index (κ1) is 22.3. The zero-order valence-corrected chi connectivity index (χ0v) is 17.3. The smallest absolute Gasteiger partial charge is 0.389 e. The maximum absolute atomic E-state index is 12.8. The number of amides is 2. The van der Waals surface area contributed by atoms with Gasteiger partial charge in [0.05, 0.1) is 22.7 Å². The SMILES string of the molecule is O=C(N[C@@H]1CN(c2ncc(C(F)(F)F)cc2Cl)C[C@H]1O)c1ccnc(NC(=O)C2CC2)c1. The minimum Gasteiger partial charge on any atom is -0.389 e. The fourth-order valence-corrected chi connectivity index (χ4v) is 3.67. The Bertz CT molecular complexity index is 1050. The van der Waals surface area contributed by atoms with E-state index in [-0.39, 0.29) is 47.1 Å². The molecule has 1 aliphatic carbocycles. The van der Waals surface area contributed by atoms with E-state index in [0.29, 0.717) is 6.20 Å². The summed E-state index contributed by atoms with van der Waals surface area (Å²) in [5.41, 5.74) is -0.736. The third-order valence-electron chi connectivity index (χ3n) is 5.28. The van der Waals surface area contributed by atoms with Crippen LogP contribution in [-0.2, 0) is 11.0 Å². The standard InChI is InChI=1S/C20H19ClF3N5O3/c21-13-6-12(20(22,23)24)7-26-17(13)29-8-14(15(30)9-29)27-19(32)11-3-4-25-16(5-11)28-18(31)10-1-2-10/h3-7,10,14-15,30H,1-2,8-9H2,(H,27,32)(H,25,28,31)/t14-,15-/m1/s1. The quantitative estimate of drug-likeness (QED) is 0.621. The lowest BCUT2D eigenvalue weighted by Crippen LogP contribution is -2.42. The first-order valence-electron chi connectivity index (χ1n) is 9.85. The lowest BCUT2D eigenvalue weighted by Gasteiger charge is -2.19. The van der Waals surface area contributed by atoms with E-state index in [1.54, 1.807) is 0 Å².